The standard InChI is InChI=1S/C25H31N5O2/c1-27(2)13-15-29(16-14-28(3)4)17-30-21-12-8-6-10-19(21)22(25(30)32)23-24(31)18-9-5-7-11-20(18)26-23/h5-12,26H,13-17H2,1-4H3/b23-22-. The fourth-order valence-electron chi connectivity index (χ4n) is 4.09. The van der Waals surface area contributed by atoms with Crippen molar-refractivity contribution in [3.05, 3.63) is 65.4 Å². The molecule has 0 atom stereocenters. The Kier molecular flexibility index (Phi) is 6.41. The van der Waals surface area contributed by atoms with Crippen LogP contribution in [0.2, 0.25) is 0 Å². The number of hydrogen-bond acceptors (Lipinski definition) is 6. The molecule has 4 rings (SSSR count). The van der Waals surface area contributed by atoms with Crippen LogP contribution in [0.1, 0.15) is 15.9 Å². The summed E-state index contributed by atoms with van der Waals surface area (Å²) in [7, 11) is 8.21. The monoisotopic (exact) mass is 433 g/mol. The lowest BCUT2D eigenvalue weighted by molar-refractivity contribution is -0.113. The zero-order chi connectivity index (χ0) is 22.8. The molecular weight excluding hydrogens is 402 g/mol. The molecule has 2 aliphatic rings. The van der Waals surface area contributed by atoms with Crippen LogP contribution in [0.3, 0.4) is 0 Å². The summed E-state index contributed by atoms with van der Waals surface area (Å²) in [5.74, 6) is -0.257. The van der Waals surface area contributed by atoms with Crippen LogP contribution in [0.15, 0.2) is 54.2 Å². The normalized spacial score (nSPS) is 17.5. The third-order valence-electron chi connectivity index (χ3n) is 5.90. The topological polar surface area (TPSA) is 59.1 Å². The molecule has 1 amide bonds. The van der Waals surface area contributed by atoms with Crippen LogP contribution in [0, 0.1) is 0 Å². The van der Waals surface area contributed by atoms with Gasteiger partial charge in [-0.05, 0) is 46.4 Å². The summed E-state index contributed by atoms with van der Waals surface area (Å²) < 4.78 is 0. The van der Waals surface area contributed by atoms with Crippen molar-refractivity contribution in [2.24, 2.45) is 0 Å². The smallest absolute Gasteiger partial charge is 0.262 e. The van der Waals surface area contributed by atoms with Crippen LogP contribution in [0.5, 0.6) is 0 Å². The zero-order valence-electron chi connectivity index (χ0n) is 19.3. The van der Waals surface area contributed by atoms with Crippen LogP contribution >= 0.6 is 0 Å². The van der Waals surface area contributed by atoms with E-state index in [9.17, 15) is 9.59 Å². The predicted molar refractivity (Wildman–Crippen MR) is 129 cm³/mol. The van der Waals surface area contributed by atoms with Gasteiger partial charge in [-0.25, -0.2) is 0 Å². The predicted octanol–water partition coefficient (Wildman–Crippen LogP) is 2.44. The maximum Gasteiger partial charge on any atom is 0.262 e. The highest BCUT2D eigenvalue weighted by molar-refractivity contribution is 6.39. The molecule has 0 unspecified atom stereocenters. The van der Waals surface area contributed by atoms with Gasteiger partial charge in [-0.2, -0.15) is 0 Å². The van der Waals surface area contributed by atoms with E-state index >= 15 is 0 Å². The first-order valence-corrected chi connectivity index (χ1v) is 10.9. The molecule has 0 spiro atoms. The summed E-state index contributed by atoms with van der Waals surface area (Å²) in [4.78, 5) is 35.2. The second kappa shape index (κ2) is 9.24. The van der Waals surface area contributed by atoms with Crippen molar-refractivity contribution < 1.29 is 9.59 Å². The molecule has 0 bridgehead atoms. The number of carbonyl (C=O) groups is 2. The van der Waals surface area contributed by atoms with E-state index in [2.05, 4.69) is 48.2 Å². The summed E-state index contributed by atoms with van der Waals surface area (Å²) in [5, 5.41) is 3.21. The Balaban J connectivity index is 1.66. The van der Waals surface area contributed by atoms with Gasteiger partial charge in [-0.15, -0.1) is 0 Å². The second-order valence-corrected chi connectivity index (χ2v) is 8.87. The third kappa shape index (κ3) is 4.32. The summed E-state index contributed by atoms with van der Waals surface area (Å²) >= 11 is 0. The molecule has 2 aromatic rings. The van der Waals surface area contributed by atoms with Crippen molar-refractivity contribution in [3.8, 4) is 0 Å². The number of para-hydroxylation sites is 2. The Hall–Kier alpha value is -3.00. The van der Waals surface area contributed by atoms with Crippen molar-refractivity contribution in [2.45, 2.75) is 0 Å². The number of likely N-dealkylation sites (N-methyl/N-ethyl adjacent to an activating group) is 2. The minimum absolute atomic E-state index is 0.127. The number of Topliss-reactive ketones (excluding diaryl/α,β-unsaturated/α-hetero) is 1. The number of carbonyl (C=O) groups excluding carboxylic acids is 2. The molecule has 1 N–H and O–H groups in total. The average molecular weight is 434 g/mol. The Bertz CT molecular complexity index is 1050. The SMILES string of the molecule is CN(C)CCN(CCN(C)C)CN1C(=O)/C(=C2\Nc3ccccc3C2=O)c2ccccc21. The maximum atomic E-state index is 13.7. The van der Waals surface area contributed by atoms with Crippen molar-refractivity contribution in [1.82, 2.24) is 14.7 Å². The van der Waals surface area contributed by atoms with Gasteiger partial charge in [0.1, 0.15) is 5.70 Å². The molecule has 7 heteroatoms. The van der Waals surface area contributed by atoms with Crippen LogP contribution < -0.4 is 10.2 Å². The molecule has 2 aliphatic heterocycles. The minimum atomic E-state index is -0.130. The van der Waals surface area contributed by atoms with Gasteiger partial charge in [0.15, 0.2) is 0 Å². The minimum Gasteiger partial charge on any atom is -0.351 e. The van der Waals surface area contributed by atoms with Crippen LogP contribution in [-0.4, -0.2) is 87.4 Å². The van der Waals surface area contributed by atoms with E-state index in [-0.39, 0.29) is 11.7 Å². The van der Waals surface area contributed by atoms with E-state index in [0.717, 1.165) is 43.1 Å². The highest BCUT2D eigenvalue weighted by atomic mass is 16.2. The van der Waals surface area contributed by atoms with Gasteiger partial charge >= 0.3 is 0 Å². The number of hydrogen-bond donors (Lipinski definition) is 1. The molecule has 0 saturated heterocycles. The number of fused-ring (bicyclic) bond motifs is 2. The summed E-state index contributed by atoms with van der Waals surface area (Å²) in [6, 6.07) is 15.1. The maximum absolute atomic E-state index is 13.7. The number of ketones is 1. The van der Waals surface area contributed by atoms with Gasteiger partial charge < -0.3 is 15.1 Å². The third-order valence-corrected chi connectivity index (χ3v) is 5.90. The Morgan fingerprint density at radius 3 is 2.00 bits per heavy atom. The zero-order valence-corrected chi connectivity index (χ0v) is 19.3. The highest BCUT2D eigenvalue weighted by Gasteiger charge is 2.39. The first-order chi connectivity index (χ1) is 15.4. The van der Waals surface area contributed by atoms with E-state index in [1.165, 1.54) is 0 Å². The van der Waals surface area contributed by atoms with E-state index in [4.69, 9.17) is 0 Å². The lowest BCUT2D eigenvalue weighted by Crippen LogP contribution is -2.44. The van der Waals surface area contributed by atoms with E-state index in [0.29, 0.717) is 23.5 Å². The molecule has 2 aromatic carbocycles. The van der Waals surface area contributed by atoms with Crippen molar-refractivity contribution in [1.29, 1.82) is 0 Å². The van der Waals surface area contributed by atoms with Gasteiger partial charge in [-0.3, -0.25) is 19.4 Å². The highest BCUT2D eigenvalue weighted by Crippen LogP contribution is 2.41. The Labute approximate surface area is 189 Å². The van der Waals surface area contributed by atoms with Gasteiger partial charge in [0, 0.05) is 43.0 Å². The van der Waals surface area contributed by atoms with Crippen molar-refractivity contribution >= 4 is 28.6 Å². The van der Waals surface area contributed by atoms with E-state index in [1.807, 2.05) is 42.5 Å². The Morgan fingerprint density at radius 1 is 0.781 bits per heavy atom. The van der Waals surface area contributed by atoms with Gasteiger partial charge in [-0.1, -0.05) is 30.3 Å². The molecule has 0 saturated carbocycles. The summed E-state index contributed by atoms with van der Waals surface area (Å²) in [6.45, 7) is 3.98. The molecule has 0 aliphatic carbocycles. The molecular formula is C25H31N5O2. The average Bonchev–Trinajstić information content (AvgIpc) is 3.23. The van der Waals surface area contributed by atoms with Crippen molar-refractivity contribution in [2.75, 3.05) is 71.3 Å². The fourth-order valence-corrected chi connectivity index (χ4v) is 4.09. The Morgan fingerprint density at radius 2 is 1.38 bits per heavy atom. The quantitative estimate of drug-likeness (QED) is 0.646. The number of allylic oxidation sites excluding steroid dienone is 1. The van der Waals surface area contributed by atoms with Crippen LogP contribution in [0.25, 0.3) is 5.57 Å². The fraction of sp³-hybridized carbons (Fsp3) is 0.360. The van der Waals surface area contributed by atoms with Gasteiger partial charge in [0.05, 0.1) is 17.9 Å². The number of benzene rings is 2. The first kappa shape index (κ1) is 22.2. The number of nitrogens with one attached hydrogen (secondary N) is 1. The van der Waals surface area contributed by atoms with Crippen molar-refractivity contribution in [3.63, 3.8) is 0 Å². The van der Waals surface area contributed by atoms with Crippen LogP contribution in [-0.2, 0) is 4.79 Å². The summed E-state index contributed by atoms with van der Waals surface area (Å²) in [5.41, 5.74) is 3.85. The molecule has 0 radical (unpaired) electrons. The lowest BCUT2D eigenvalue weighted by Gasteiger charge is -2.30. The second-order valence-electron chi connectivity index (χ2n) is 8.87. The number of nitrogens with zero attached hydrogens (tertiary/aromatic N) is 4. The summed E-state index contributed by atoms with van der Waals surface area (Å²) in [6.07, 6.45) is 0. The molecule has 32 heavy (non-hydrogen) atoms. The molecule has 0 aromatic heterocycles. The largest absolute Gasteiger partial charge is 0.351 e. The number of anilines is 2. The van der Waals surface area contributed by atoms with Crippen LogP contribution in [0.4, 0.5) is 11.4 Å². The molecule has 2 heterocycles. The molecule has 7 nitrogen and oxygen atoms in total. The molecule has 168 valence electrons. The first-order valence-electron chi connectivity index (χ1n) is 10.9. The van der Waals surface area contributed by atoms with E-state index < -0.39 is 0 Å². The van der Waals surface area contributed by atoms with Gasteiger partial charge in [0.2, 0.25) is 5.78 Å². The number of rotatable bonds is 8. The van der Waals surface area contributed by atoms with E-state index in [1.54, 1.807) is 11.0 Å². The molecule has 0 fully saturated rings. The van der Waals surface area contributed by atoms with Gasteiger partial charge in [0.25, 0.3) is 5.91 Å². The number of amides is 1. The lowest BCUT2D eigenvalue weighted by atomic mass is 10.0.